The third kappa shape index (κ3) is 4.41. The Labute approximate surface area is 162 Å². The molecule has 2 aromatic rings. The first kappa shape index (κ1) is 19.6. The van der Waals surface area contributed by atoms with Crippen LogP contribution in [0.5, 0.6) is 5.75 Å². The number of carbonyl (C=O) groups excluding carboxylic acids is 1. The number of hydrogen-bond acceptors (Lipinski definition) is 5. The molecule has 2 aromatic carbocycles. The van der Waals surface area contributed by atoms with Crippen molar-refractivity contribution in [1.29, 1.82) is 0 Å². The molecule has 9 heteroatoms. The second-order valence-corrected chi connectivity index (χ2v) is 8.36. The van der Waals surface area contributed by atoms with Crippen LogP contribution in [0, 0.1) is 0 Å². The summed E-state index contributed by atoms with van der Waals surface area (Å²) in [7, 11) is -2.44. The number of sulfonamides is 1. The highest BCUT2D eigenvalue weighted by molar-refractivity contribution is 7.89. The van der Waals surface area contributed by atoms with Gasteiger partial charge in [-0.05, 0) is 43.2 Å². The third-order valence-corrected chi connectivity index (χ3v) is 6.13. The molecule has 7 nitrogen and oxygen atoms in total. The zero-order chi connectivity index (χ0) is 19.6. The molecule has 1 amide bonds. The summed E-state index contributed by atoms with van der Waals surface area (Å²) in [5.74, 6) is -0.311. The predicted octanol–water partition coefficient (Wildman–Crippen LogP) is 2.40. The van der Waals surface area contributed by atoms with E-state index in [1.165, 1.54) is 25.3 Å². The van der Waals surface area contributed by atoms with Crippen LogP contribution in [0.4, 0.5) is 5.69 Å². The number of aliphatic hydroxyl groups is 1. The lowest BCUT2D eigenvalue weighted by Crippen LogP contribution is -2.46. The van der Waals surface area contributed by atoms with Crippen LogP contribution in [0.15, 0.2) is 47.4 Å². The van der Waals surface area contributed by atoms with E-state index in [1.54, 1.807) is 24.3 Å². The van der Waals surface area contributed by atoms with Gasteiger partial charge >= 0.3 is 0 Å². The second-order valence-electron chi connectivity index (χ2n) is 6.24. The van der Waals surface area contributed by atoms with Gasteiger partial charge in [-0.1, -0.05) is 23.7 Å². The number of hydrogen-bond donors (Lipinski definition) is 3. The SMILES string of the molecule is COc1ccc(S(=O)(=O)N[C@H]2C[C@H](O)C2)cc1C(=O)Nc1ccccc1Cl. The van der Waals surface area contributed by atoms with Crippen molar-refractivity contribution in [2.75, 3.05) is 12.4 Å². The van der Waals surface area contributed by atoms with E-state index in [-0.39, 0.29) is 22.3 Å². The lowest BCUT2D eigenvalue weighted by molar-refractivity contribution is 0.0712. The van der Waals surface area contributed by atoms with Gasteiger partial charge in [0.25, 0.3) is 5.91 Å². The van der Waals surface area contributed by atoms with E-state index < -0.39 is 22.0 Å². The van der Waals surface area contributed by atoms with E-state index in [9.17, 15) is 18.3 Å². The number of aliphatic hydroxyl groups excluding tert-OH is 1. The minimum atomic E-state index is -3.83. The molecule has 0 radical (unpaired) electrons. The van der Waals surface area contributed by atoms with Crippen molar-refractivity contribution in [2.45, 2.75) is 29.9 Å². The van der Waals surface area contributed by atoms with Crippen molar-refractivity contribution in [3.63, 3.8) is 0 Å². The average Bonchev–Trinajstić information content (AvgIpc) is 2.61. The molecule has 0 unspecified atom stereocenters. The molecule has 0 atom stereocenters. The Morgan fingerprint density at radius 2 is 1.93 bits per heavy atom. The average molecular weight is 411 g/mol. The zero-order valence-corrected chi connectivity index (χ0v) is 16.0. The van der Waals surface area contributed by atoms with Gasteiger partial charge in [-0.25, -0.2) is 13.1 Å². The van der Waals surface area contributed by atoms with Crippen LogP contribution in [0.2, 0.25) is 5.02 Å². The molecule has 1 aliphatic carbocycles. The van der Waals surface area contributed by atoms with E-state index >= 15 is 0 Å². The summed E-state index contributed by atoms with van der Waals surface area (Å²) >= 11 is 6.05. The summed E-state index contributed by atoms with van der Waals surface area (Å²) in [5.41, 5.74) is 0.468. The van der Waals surface area contributed by atoms with E-state index in [0.717, 1.165) is 0 Å². The van der Waals surface area contributed by atoms with Gasteiger partial charge in [0.2, 0.25) is 10.0 Å². The molecule has 3 N–H and O–H groups in total. The lowest BCUT2D eigenvalue weighted by atomic mass is 9.91. The Kier molecular flexibility index (Phi) is 5.71. The summed E-state index contributed by atoms with van der Waals surface area (Å²) in [6, 6.07) is 10.4. The summed E-state index contributed by atoms with van der Waals surface area (Å²) in [5, 5.41) is 12.3. The largest absolute Gasteiger partial charge is 0.496 e. The van der Waals surface area contributed by atoms with Crippen molar-refractivity contribution in [3.8, 4) is 5.75 Å². The number of para-hydroxylation sites is 1. The zero-order valence-electron chi connectivity index (χ0n) is 14.5. The van der Waals surface area contributed by atoms with Gasteiger partial charge < -0.3 is 15.2 Å². The van der Waals surface area contributed by atoms with Crippen molar-refractivity contribution < 1.29 is 23.1 Å². The van der Waals surface area contributed by atoms with Crippen molar-refractivity contribution >= 4 is 33.2 Å². The van der Waals surface area contributed by atoms with E-state index in [0.29, 0.717) is 23.6 Å². The standard InChI is InChI=1S/C18H19ClN2O5S/c1-26-17-7-6-13(27(24,25)21-11-8-12(22)9-11)10-14(17)18(23)20-16-5-3-2-4-15(16)19/h2-7,10-12,21-22H,8-9H2,1H3,(H,20,23)/t11-,12-. The van der Waals surface area contributed by atoms with Crippen molar-refractivity contribution in [2.24, 2.45) is 0 Å². The Morgan fingerprint density at radius 1 is 1.22 bits per heavy atom. The molecule has 0 aromatic heterocycles. The number of nitrogens with one attached hydrogen (secondary N) is 2. The smallest absolute Gasteiger partial charge is 0.259 e. The molecular formula is C18H19ClN2O5S. The number of halogens is 1. The number of amides is 1. The number of carbonyl (C=O) groups is 1. The first-order valence-electron chi connectivity index (χ1n) is 8.24. The molecule has 1 fully saturated rings. The molecule has 1 saturated carbocycles. The fourth-order valence-electron chi connectivity index (χ4n) is 2.76. The quantitative estimate of drug-likeness (QED) is 0.678. The molecule has 0 saturated heterocycles. The number of methoxy groups -OCH3 is 1. The normalized spacial score (nSPS) is 19.2. The van der Waals surface area contributed by atoms with Crippen LogP contribution < -0.4 is 14.8 Å². The predicted molar refractivity (Wildman–Crippen MR) is 102 cm³/mol. The third-order valence-electron chi connectivity index (χ3n) is 4.28. The van der Waals surface area contributed by atoms with Crippen molar-refractivity contribution in [1.82, 2.24) is 4.72 Å². The fourth-order valence-corrected chi connectivity index (χ4v) is 4.23. The van der Waals surface area contributed by atoms with Gasteiger partial charge in [-0.3, -0.25) is 4.79 Å². The maximum atomic E-state index is 12.7. The lowest BCUT2D eigenvalue weighted by Gasteiger charge is -2.31. The molecule has 0 spiro atoms. The van der Waals surface area contributed by atoms with Gasteiger partial charge in [0, 0.05) is 6.04 Å². The van der Waals surface area contributed by atoms with Gasteiger partial charge in [0.1, 0.15) is 5.75 Å². The maximum absolute atomic E-state index is 12.7. The summed E-state index contributed by atoms with van der Waals surface area (Å²) in [6.45, 7) is 0. The van der Waals surface area contributed by atoms with Crippen LogP contribution in [0.1, 0.15) is 23.2 Å². The molecule has 144 valence electrons. The highest BCUT2D eigenvalue weighted by atomic mass is 35.5. The molecule has 0 bridgehead atoms. The minimum absolute atomic E-state index is 0.0611. The highest BCUT2D eigenvalue weighted by Crippen LogP contribution is 2.27. The Morgan fingerprint density at radius 3 is 2.56 bits per heavy atom. The number of benzene rings is 2. The molecule has 0 aliphatic heterocycles. The maximum Gasteiger partial charge on any atom is 0.259 e. The van der Waals surface area contributed by atoms with Gasteiger partial charge in [-0.15, -0.1) is 0 Å². The monoisotopic (exact) mass is 410 g/mol. The van der Waals surface area contributed by atoms with Crippen molar-refractivity contribution in [3.05, 3.63) is 53.1 Å². The highest BCUT2D eigenvalue weighted by Gasteiger charge is 2.31. The topological polar surface area (TPSA) is 105 Å². The minimum Gasteiger partial charge on any atom is -0.496 e. The second kappa shape index (κ2) is 7.85. The summed E-state index contributed by atoms with van der Waals surface area (Å²) in [6.07, 6.45) is 0.260. The number of ether oxygens (including phenoxy) is 1. The Bertz CT molecular complexity index is 958. The fraction of sp³-hybridized carbons (Fsp3) is 0.278. The number of anilines is 1. The van der Waals surface area contributed by atoms with Gasteiger partial charge in [0.05, 0.1) is 34.4 Å². The van der Waals surface area contributed by atoms with Crippen LogP contribution >= 0.6 is 11.6 Å². The van der Waals surface area contributed by atoms with Crippen LogP contribution in [-0.4, -0.2) is 38.7 Å². The van der Waals surface area contributed by atoms with E-state index in [4.69, 9.17) is 16.3 Å². The molecule has 0 heterocycles. The molecular weight excluding hydrogens is 392 g/mol. The Balaban J connectivity index is 1.87. The molecule has 1 aliphatic rings. The van der Waals surface area contributed by atoms with Crippen LogP contribution in [-0.2, 0) is 10.0 Å². The number of rotatable bonds is 6. The first-order valence-corrected chi connectivity index (χ1v) is 10.1. The Hall–Kier alpha value is -2.13. The summed E-state index contributed by atoms with van der Waals surface area (Å²) in [4.78, 5) is 12.6. The summed E-state index contributed by atoms with van der Waals surface area (Å²) < 4.78 is 32.8. The first-order chi connectivity index (χ1) is 12.8. The van der Waals surface area contributed by atoms with Crippen LogP contribution in [0.25, 0.3) is 0 Å². The van der Waals surface area contributed by atoms with E-state index in [2.05, 4.69) is 10.0 Å². The molecule has 27 heavy (non-hydrogen) atoms. The van der Waals surface area contributed by atoms with E-state index in [1.807, 2.05) is 0 Å². The van der Waals surface area contributed by atoms with Crippen LogP contribution in [0.3, 0.4) is 0 Å². The van der Waals surface area contributed by atoms with Gasteiger partial charge in [-0.2, -0.15) is 0 Å². The van der Waals surface area contributed by atoms with Gasteiger partial charge in [0.15, 0.2) is 0 Å². The molecule has 3 rings (SSSR count).